The first-order valence-corrected chi connectivity index (χ1v) is 13.0. The van der Waals surface area contributed by atoms with Gasteiger partial charge in [-0.15, -0.1) is 0 Å². The molecule has 0 radical (unpaired) electrons. The quantitative estimate of drug-likeness (QED) is 0.242. The lowest BCUT2D eigenvalue weighted by Gasteiger charge is -2.26. The first-order chi connectivity index (χ1) is 18.1. The van der Waals surface area contributed by atoms with Crippen molar-refractivity contribution < 1.29 is 9.13 Å². The Bertz CT molecular complexity index is 1420. The summed E-state index contributed by atoms with van der Waals surface area (Å²) in [5.41, 5.74) is 2.69. The highest BCUT2D eigenvalue weighted by Gasteiger charge is 2.15. The average Bonchev–Trinajstić information content (AvgIpc) is 3.33. The Labute approximate surface area is 222 Å². The number of anilines is 5. The molecule has 4 aromatic rings. The van der Waals surface area contributed by atoms with Gasteiger partial charge >= 0.3 is 0 Å². The number of hydrogen-bond donors (Lipinski definition) is 3. The van der Waals surface area contributed by atoms with Gasteiger partial charge in [-0.05, 0) is 43.3 Å². The van der Waals surface area contributed by atoms with E-state index < -0.39 is 5.82 Å². The van der Waals surface area contributed by atoms with Gasteiger partial charge in [-0.3, -0.25) is 4.90 Å². The van der Waals surface area contributed by atoms with Gasteiger partial charge in [-0.1, -0.05) is 22.9 Å². The molecule has 0 atom stereocenters. The van der Waals surface area contributed by atoms with Crippen LogP contribution in [0, 0.1) is 17.1 Å². The number of benzene rings is 1. The van der Waals surface area contributed by atoms with E-state index in [1.165, 1.54) is 29.7 Å². The van der Waals surface area contributed by atoms with Crippen LogP contribution in [-0.2, 0) is 4.74 Å². The third-order valence-electron chi connectivity index (χ3n) is 5.81. The SMILES string of the molecule is N#Cc1cnc2nc(Nc3ccc(NCCCN4CCOCC4)nc3)sc2c1Nc1ccc(F)c(Cl)c1. The summed E-state index contributed by atoms with van der Waals surface area (Å²) in [7, 11) is 0. The van der Waals surface area contributed by atoms with Crippen molar-refractivity contribution in [2.45, 2.75) is 6.42 Å². The smallest absolute Gasteiger partial charge is 0.189 e. The summed E-state index contributed by atoms with van der Waals surface area (Å²) in [4.78, 5) is 15.8. The van der Waals surface area contributed by atoms with Crippen molar-refractivity contribution >= 4 is 61.3 Å². The Morgan fingerprint density at radius 2 is 1.95 bits per heavy atom. The topological polar surface area (TPSA) is 111 Å². The summed E-state index contributed by atoms with van der Waals surface area (Å²) < 4.78 is 19.6. The molecule has 3 aromatic heterocycles. The summed E-state index contributed by atoms with van der Waals surface area (Å²) in [5, 5.41) is 20.0. The molecule has 0 bridgehead atoms. The molecular weight excluding hydrogens is 515 g/mol. The van der Waals surface area contributed by atoms with Crippen molar-refractivity contribution in [2.75, 3.05) is 55.3 Å². The van der Waals surface area contributed by atoms with E-state index in [4.69, 9.17) is 16.3 Å². The van der Waals surface area contributed by atoms with Gasteiger partial charge in [-0.2, -0.15) is 10.2 Å². The lowest BCUT2D eigenvalue weighted by atomic mass is 10.2. The van der Waals surface area contributed by atoms with Gasteiger partial charge in [0.2, 0.25) is 0 Å². The zero-order chi connectivity index (χ0) is 25.6. The standard InChI is InChI=1S/C25H24ClFN8OS/c26-19-12-17(2-4-20(19)27)32-22-16(13-28)14-31-24-23(22)37-25(34-24)33-18-3-5-21(30-15-18)29-6-1-7-35-8-10-36-11-9-35/h2-5,12,14-15H,1,6-11H2,(H,29,30)(H2,31,32,33,34). The van der Waals surface area contributed by atoms with Crippen LogP contribution < -0.4 is 16.0 Å². The minimum atomic E-state index is -0.514. The Morgan fingerprint density at radius 1 is 1.11 bits per heavy atom. The predicted octanol–water partition coefficient (Wildman–Crippen LogP) is 5.37. The number of aromatic nitrogens is 3. The fourth-order valence-electron chi connectivity index (χ4n) is 3.90. The second kappa shape index (κ2) is 11.7. The van der Waals surface area contributed by atoms with E-state index in [2.05, 4.69) is 41.9 Å². The van der Waals surface area contributed by atoms with E-state index in [9.17, 15) is 9.65 Å². The van der Waals surface area contributed by atoms with Gasteiger partial charge in [0.15, 0.2) is 10.8 Å². The lowest BCUT2D eigenvalue weighted by molar-refractivity contribution is 0.0378. The molecule has 0 amide bonds. The first kappa shape index (κ1) is 25.1. The predicted molar refractivity (Wildman–Crippen MR) is 145 cm³/mol. The molecule has 1 aliphatic rings. The highest BCUT2D eigenvalue weighted by atomic mass is 35.5. The van der Waals surface area contributed by atoms with E-state index in [1.807, 2.05) is 12.1 Å². The maximum absolute atomic E-state index is 13.6. The Kier molecular flexibility index (Phi) is 7.91. The summed E-state index contributed by atoms with van der Waals surface area (Å²) in [5.74, 6) is 0.293. The normalized spacial score (nSPS) is 13.9. The van der Waals surface area contributed by atoms with Crippen molar-refractivity contribution in [3.8, 4) is 6.07 Å². The van der Waals surface area contributed by atoms with Gasteiger partial charge in [0.05, 0.1) is 41.4 Å². The van der Waals surface area contributed by atoms with E-state index in [-0.39, 0.29) is 5.02 Å². The van der Waals surface area contributed by atoms with Crippen molar-refractivity contribution in [1.82, 2.24) is 19.9 Å². The molecule has 1 fully saturated rings. The number of nitrogens with zero attached hydrogens (tertiary/aromatic N) is 5. The Balaban J connectivity index is 1.24. The van der Waals surface area contributed by atoms with Crippen molar-refractivity contribution in [3.05, 3.63) is 59.1 Å². The second-order valence-electron chi connectivity index (χ2n) is 8.38. The molecule has 12 heteroatoms. The Morgan fingerprint density at radius 3 is 2.70 bits per heavy atom. The van der Waals surface area contributed by atoms with Crippen LogP contribution in [0.4, 0.5) is 32.4 Å². The fourth-order valence-corrected chi connectivity index (χ4v) is 5.02. The van der Waals surface area contributed by atoms with Crippen LogP contribution in [0.15, 0.2) is 42.7 Å². The number of ether oxygens (including phenoxy) is 1. The summed E-state index contributed by atoms with van der Waals surface area (Å²) in [6.45, 7) is 5.51. The maximum atomic E-state index is 13.6. The van der Waals surface area contributed by atoms with Crippen LogP contribution >= 0.6 is 22.9 Å². The molecule has 190 valence electrons. The first-order valence-electron chi connectivity index (χ1n) is 11.8. The summed E-state index contributed by atoms with van der Waals surface area (Å²) >= 11 is 7.26. The largest absolute Gasteiger partial charge is 0.379 e. The molecule has 1 aromatic carbocycles. The molecule has 0 spiro atoms. The fraction of sp³-hybridized carbons (Fsp3) is 0.280. The second-order valence-corrected chi connectivity index (χ2v) is 9.78. The van der Waals surface area contributed by atoms with Crippen molar-refractivity contribution in [3.63, 3.8) is 0 Å². The highest BCUT2D eigenvalue weighted by molar-refractivity contribution is 7.22. The number of nitriles is 1. The molecule has 0 unspecified atom stereocenters. The lowest BCUT2D eigenvalue weighted by Crippen LogP contribution is -2.37. The monoisotopic (exact) mass is 538 g/mol. The zero-order valence-electron chi connectivity index (χ0n) is 19.8. The number of halogens is 2. The van der Waals surface area contributed by atoms with Crippen LogP contribution in [0.1, 0.15) is 12.0 Å². The minimum Gasteiger partial charge on any atom is -0.379 e. The average molecular weight is 539 g/mol. The molecule has 4 heterocycles. The number of nitrogens with one attached hydrogen (secondary N) is 3. The minimum absolute atomic E-state index is 0.0111. The van der Waals surface area contributed by atoms with Gasteiger partial charge in [-0.25, -0.2) is 14.4 Å². The summed E-state index contributed by atoms with van der Waals surface area (Å²) in [6.07, 6.45) is 4.23. The van der Waals surface area contributed by atoms with Crippen molar-refractivity contribution in [1.29, 1.82) is 5.26 Å². The van der Waals surface area contributed by atoms with E-state index in [0.717, 1.165) is 57.3 Å². The number of fused-ring (bicyclic) bond motifs is 1. The van der Waals surface area contributed by atoms with Crippen LogP contribution in [0.5, 0.6) is 0 Å². The van der Waals surface area contributed by atoms with E-state index in [1.54, 1.807) is 12.3 Å². The summed E-state index contributed by atoms with van der Waals surface area (Å²) in [6, 6.07) is 10.3. The third-order valence-corrected chi connectivity index (χ3v) is 7.07. The number of rotatable bonds is 9. The third kappa shape index (κ3) is 6.23. The number of hydrogen-bond acceptors (Lipinski definition) is 10. The van der Waals surface area contributed by atoms with Crippen molar-refractivity contribution in [2.24, 2.45) is 0 Å². The van der Waals surface area contributed by atoms with Gasteiger partial charge < -0.3 is 20.7 Å². The molecule has 37 heavy (non-hydrogen) atoms. The number of pyridine rings is 2. The molecule has 0 saturated carbocycles. The van der Waals surface area contributed by atoms with Crippen LogP contribution in [0.3, 0.4) is 0 Å². The van der Waals surface area contributed by atoms with Crippen LogP contribution in [-0.4, -0.2) is 59.2 Å². The molecule has 9 nitrogen and oxygen atoms in total. The Hall–Kier alpha value is -3.56. The molecule has 0 aliphatic carbocycles. The molecule has 1 aliphatic heterocycles. The number of morpholine rings is 1. The van der Waals surface area contributed by atoms with Gasteiger partial charge in [0.25, 0.3) is 0 Å². The van der Waals surface area contributed by atoms with E-state index in [0.29, 0.717) is 32.4 Å². The highest BCUT2D eigenvalue weighted by Crippen LogP contribution is 2.36. The van der Waals surface area contributed by atoms with Crippen LogP contribution in [0.25, 0.3) is 10.3 Å². The molecule has 5 rings (SSSR count). The van der Waals surface area contributed by atoms with Gasteiger partial charge in [0, 0.05) is 31.5 Å². The molecule has 1 saturated heterocycles. The zero-order valence-corrected chi connectivity index (χ0v) is 21.4. The van der Waals surface area contributed by atoms with Crippen LogP contribution in [0.2, 0.25) is 5.02 Å². The molecular formula is C25H24ClFN8OS. The molecule has 3 N–H and O–H groups in total. The van der Waals surface area contributed by atoms with E-state index >= 15 is 0 Å². The number of thiazole rings is 1. The maximum Gasteiger partial charge on any atom is 0.189 e. The van der Waals surface area contributed by atoms with Gasteiger partial charge in [0.1, 0.15) is 22.4 Å².